The van der Waals surface area contributed by atoms with Crippen molar-refractivity contribution in [2.45, 2.75) is 58.4 Å². The number of fused-ring (bicyclic) bond motifs is 1. The number of amides is 1. The Labute approximate surface area is 159 Å². The van der Waals surface area contributed by atoms with Gasteiger partial charge in [0.2, 0.25) is 0 Å². The summed E-state index contributed by atoms with van der Waals surface area (Å²) >= 11 is 6.50. The first kappa shape index (κ1) is 18.6. The lowest BCUT2D eigenvalue weighted by atomic mass is 9.82. The molecule has 0 radical (unpaired) electrons. The van der Waals surface area contributed by atoms with E-state index in [1.165, 1.54) is 6.33 Å². The van der Waals surface area contributed by atoms with Gasteiger partial charge in [-0.25, -0.2) is 9.97 Å². The van der Waals surface area contributed by atoms with Gasteiger partial charge in [0.25, 0.3) is 5.91 Å². The minimum absolute atomic E-state index is 0.0743. The van der Waals surface area contributed by atoms with Gasteiger partial charge in [0.05, 0.1) is 16.1 Å². The third-order valence-electron chi connectivity index (χ3n) is 4.97. The third kappa shape index (κ3) is 3.28. The maximum atomic E-state index is 12.6. The van der Waals surface area contributed by atoms with E-state index < -0.39 is 0 Å². The van der Waals surface area contributed by atoms with Crippen molar-refractivity contribution in [2.75, 3.05) is 5.32 Å². The predicted octanol–water partition coefficient (Wildman–Crippen LogP) is 4.97. The van der Waals surface area contributed by atoms with E-state index in [0.717, 1.165) is 54.7 Å². The molecule has 0 fully saturated rings. The number of nitrogens with one attached hydrogen (secondary N) is 2. The number of halogens is 1. The Morgan fingerprint density at radius 1 is 1.19 bits per heavy atom. The van der Waals surface area contributed by atoms with E-state index in [-0.39, 0.29) is 11.4 Å². The van der Waals surface area contributed by atoms with Gasteiger partial charge in [-0.15, -0.1) is 0 Å². The van der Waals surface area contributed by atoms with E-state index in [1.807, 2.05) is 12.3 Å². The Kier molecular flexibility index (Phi) is 5.47. The van der Waals surface area contributed by atoms with Crippen LogP contribution in [-0.2, 0) is 12.0 Å². The van der Waals surface area contributed by atoms with E-state index in [4.69, 9.17) is 11.6 Å². The quantitative estimate of drug-likeness (QED) is 0.719. The second-order valence-corrected chi connectivity index (χ2v) is 7.20. The van der Waals surface area contributed by atoms with Crippen LogP contribution in [0.2, 0.25) is 5.02 Å². The van der Waals surface area contributed by atoms with Gasteiger partial charge in [0.1, 0.15) is 12.1 Å². The molecule has 6 heteroatoms. The molecule has 2 heterocycles. The highest BCUT2D eigenvalue weighted by Crippen LogP contribution is 2.43. The number of carbonyl (C=O) groups excluding carboxylic acids is 1. The number of hydrogen-bond acceptors (Lipinski definition) is 4. The van der Waals surface area contributed by atoms with Gasteiger partial charge in [0.15, 0.2) is 0 Å². The molecule has 26 heavy (non-hydrogen) atoms. The number of rotatable bonds is 7. The Balaban J connectivity index is 2.06. The maximum absolute atomic E-state index is 12.6. The van der Waals surface area contributed by atoms with Crippen LogP contribution in [0, 0.1) is 0 Å². The molecule has 0 unspecified atom stereocenters. The summed E-state index contributed by atoms with van der Waals surface area (Å²) < 4.78 is 0. The van der Waals surface area contributed by atoms with Crippen molar-refractivity contribution in [3.63, 3.8) is 0 Å². The molecule has 1 aliphatic rings. The van der Waals surface area contributed by atoms with Crippen molar-refractivity contribution in [1.29, 1.82) is 0 Å². The molecule has 3 rings (SSSR count). The molecule has 138 valence electrons. The van der Waals surface area contributed by atoms with E-state index in [0.29, 0.717) is 10.6 Å². The van der Waals surface area contributed by atoms with Crippen LogP contribution in [0.5, 0.6) is 0 Å². The third-order valence-corrected chi connectivity index (χ3v) is 5.27. The minimum Gasteiger partial charge on any atom is -0.342 e. The van der Waals surface area contributed by atoms with Gasteiger partial charge in [-0.2, -0.15) is 0 Å². The standard InChI is InChI=1S/C20H25ClN4O/c1-4-7-20(8-5-2)15-9-14(10-16(21)17(15)19(26)25-20)24-18-13(6-3)11-22-12-23-18/h9-12H,4-8H2,1-3H3,(H,25,26)(H,22,23,24). The van der Waals surface area contributed by atoms with E-state index in [2.05, 4.69) is 41.4 Å². The van der Waals surface area contributed by atoms with E-state index >= 15 is 0 Å². The van der Waals surface area contributed by atoms with Crippen molar-refractivity contribution < 1.29 is 4.79 Å². The fourth-order valence-electron chi connectivity index (χ4n) is 3.87. The van der Waals surface area contributed by atoms with E-state index in [1.54, 1.807) is 6.07 Å². The first-order valence-corrected chi connectivity index (χ1v) is 9.64. The second kappa shape index (κ2) is 7.62. The summed E-state index contributed by atoms with van der Waals surface area (Å²) in [6.07, 6.45) is 7.94. The van der Waals surface area contributed by atoms with Crippen molar-refractivity contribution in [2.24, 2.45) is 0 Å². The molecular formula is C20H25ClN4O. The molecule has 1 aromatic carbocycles. The van der Waals surface area contributed by atoms with Crippen LogP contribution < -0.4 is 10.6 Å². The number of aromatic nitrogens is 2. The highest BCUT2D eigenvalue weighted by Gasteiger charge is 2.42. The van der Waals surface area contributed by atoms with Gasteiger partial charge in [-0.05, 0) is 37.0 Å². The predicted molar refractivity (Wildman–Crippen MR) is 105 cm³/mol. The highest BCUT2D eigenvalue weighted by atomic mass is 35.5. The van der Waals surface area contributed by atoms with Crippen molar-refractivity contribution in [1.82, 2.24) is 15.3 Å². The summed E-state index contributed by atoms with van der Waals surface area (Å²) in [6.45, 7) is 6.34. The lowest BCUT2D eigenvalue weighted by molar-refractivity contribution is 0.0920. The molecule has 1 amide bonds. The summed E-state index contributed by atoms with van der Waals surface area (Å²) in [5, 5.41) is 7.04. The van der Waals surface area contributed by atoms with Crippen LogP contribution in [0.15, 0.2) is 24.7 Å². The molecule has 0 saturated carbocycles. The topological polar surface area (TPSA) is 66.9 Å². The fourth-order valence-corrected chi connectivity index (χ4v) is 4.18. The van der Waals surface area contributed by atoms with Crippen LogP contribution in [-0.4, -0.2) is 15.9 Å². The largest absolute Gasteiger partial charge is 0.342 e. The van der Waals surface area contributed by atoms with Crippen LogP contribution in [0.1, 0.15) is 67.9 Å². The summed E-state index contributed by atoms with van der Waals surface area (Å²) in [4.78, 5) is 21.0. The Bertz CT molecular complexity index is 815. The van der Waals surface area contributed by atoms with Crippen molar-refractivity contribution in [3.05, 3.63) is 46.4 Å². The Morgan fingerprint density at radius 3 is 2.58 bits per heavy atom. The zero-order chi connectivity index (χ0) is 18.7. The summed E-state index contributed by atoms with van der Waals surface area (Å²) in [7, 11) is 0. The van der Waals surface area contributed by atoms with Crippen LogP contribution >= 0.6 is 11.6 Å². The van der Waals surface area contributed by atoms with Gasteiger partial charge in [-0.3, -0.25) is 4.79 Å². The van der Waals surface area contributed by atoms with Crippen LogP contribution in [0.3, 0.4) is 0 Å². The molecule has 0 spiro atoms. The lowest BCUT2D eigenvalue weighted by Gasteiger charge is -2.30. The Morgan fingerprint density at radius 2 is 1.92 bits per heavy atom. The van der Waals surface area contributed by atoms with Gasteiger partial charge in [0, 0.05) is 17.4 Å². The van der Waals surface area contributed by atoms with Gasteiger partial charge < -0.3 is 10.6 Å². The molecule has 0 aliphatic carbocycles. The molecule has 0 atom stereocenters. The normalized spacial score (nSPS) is 14.8. The van der Waals surface area contributed by atoms with Crippen LogP contribution in [0.25, 0.3) is 0 Å². The minimum atomic E-state index is -0.337. The number of benzene rings is 1. The van der Waals surface area contributed by atoms with Gasteiger partial charge in [-0.1, -0.05) is 45.2 Å². The summed E-state index contributed by atoms with van der Waals surface area (Å²) in [5.41, 5.74) is 3.14. The van der Waals surface area contributed by atoms with Crippen LogP contribution in [0.4, 0.5) is 11.5 Å². The average molecular weight is 373 g/mol. The molecule has 2 aromatic rings. The molecule has 0 bridgehead atoms. The number of nitrogens with zero attached hydrogens (tertiary/aromatic N) is 2. The zero-order valence-electron chi connectivity index (χ0n) is 15.5. The fraction of sp³-hybridized carbons (Fsp3) is 0.450. The smallest absolute Gasteiger partial charge is 0.253 e. The molecule has 2 N–H and O–H groups in total. The molecule has 5 nitrogen and oxygen atoms in total. The van der Waals surface area contributed by atoms with E-state index in [9.17, 15) is 4.79 Å². The lowest BCUT2D eigenvalue weighted by Crippen LogP contribution is -2.39. The number of anilines is 2. The monoisotopic (exact) mass is 372 g/mol. The molecular weight excluding hydrogens is 348 g/mol. The van der Waals surface area contributed by atoms with Crippen molar-refractivity contribution >= 4 is 29.0 Å². The summed E-state index contributed by atoms with van der Waals surface area (Å²) in [5.74, 6) is 0.696. The van der Waals surface area contributed by atoms with Crippen molar-refractivity contribution in [3.8, 4) is 0 Å². The summed E-state index contributed by atoms with van der Waals surface area (Å²) in [6, 6.07) is 3.85. The molecule has 1 aromatic heterocycles. The molecule has 1 aliphatic heterocycles. The first-order valence-electron chi connectivity index (χ1n) is 9.27. The SMILES string of the molecule is CCCC1(CCC)NC(=O)c2c(Cl)cc(Nc3ncncc3CC)cc21. The first-order chi connectivity index (χ1) is 12.5. The number of aryl methyl sites for hydroxylation is 1. The average Bonchev–Trinajstić information content (AvgIpc) is 2.88. The second-order valence-electron chi connectivity index (χ2n) is 6.79. The maximum Gasteiger partial charge on any atom is 0.253 e. The number of hydrogen-bond donors (Lipinski definition) is 2. The van der Waals surface area contributed by atoms with Gasteiger partial charge >= 0.3 is 0 Å². The number of carbonyl (C=O) groups is 1. The highest BCUT2D eigenvalue weighted by molar-refractivity contribution is 6.34. The Hall–Kier alpha value is -2.14. The molecule has 0 saturated heterocycles. The zero-order valence-corrected chi connectivity index (χ0v) is 16.3.